The summed E-state index contributed by atoms with van der Waals surface area (Å²) in [5, 5.41) is 11.3. The van der Waals surface area contributed by atoms with Crippen LogP contribution in [0.1, 0.15) is 15.9 Å². The van der Waals surface area contributed by atoms with Crippen LogP contribution < -0.4 is 5.32 Å². The summed E-state index contributed by atoms with van der Waals surface area (Å²) in [6.07, 6.45) is 1.46. The molecule has 2 aromatic rings. The van der Waals surface area contributed by atoms with Crippen molar-refractivity contribution in [2.24, 2.45) is 0 Å². The van der Waals surface area contributed by atoms with E-state index in [0.717, 1.165) is 0 Å². The molecule has 0 fully saturated rings. The van der Waals surface area contributed by atoms with E-state index in [2.05, 4.69) is 5.32 Å². The second kappa shape index (κ2) is 8.04. The van der Waals surface area contributed by atoms with Crippen molar-refractivity contribution in [1.82, 2.24) is 0 Å². The average Bonchev–Trinajstić information content (AvgIpc) is 2.59. The second-order valence-corrected chi connectivity index (χ2v) is 6.12. The number of benzene rings is 2. The highest BCUT2D eigenvalue weighted by Crippen LogP contribution is 2.14. The molecule has 6 nitrogen and oxygen atoms in total. The Morgan fingerprint density at radius 1 is 1.21 bits per heavy atom. The van der Waals surface area contributed by atoms with E-state index in [0.29, 0.717) is 16.1 Å². The highest BCUT2D eigenvalue weighted by Gasteiger charge is 2.16. The molecule has 0 spiro atoms. The van der Waals surface area contributed by atoms with Crippen LogP contribution in [0.3, 0.4) is 0 Å². The van der Waals surface area contributed by atoms with Crippen molar-refractivity contribution in [2.75, 3.05) is 18.2 Å². The van der Waals surface area contributed by atoms with Crippen molar-refractivity contribution >= 4 is 28.4 Å². The maximum atomic E-state index is 12.0. The van der Waals surface area contributed by atoms with E-state index in [1.807, 2.05) is 6.07 Å². The van der Waals surface area contributed by atoms with Gasteiger partial charge in [-0.25, -0.2) is 4.79 Å². The SMILES string of the molecule is C[S@@](=O)c1ccccc1C(=O)OCC(=O)Nc1cccc(C#N)c1. The lowest BCUT2D eigenvalue weighted by atomic mass is 10.2. The molecule has 2 aromatic carbocycles. The number of anilines is 1. The molecule has 0 saturated carbocycles. The number of esters is 1. The lowest BCUT2D eigenvalue weighted by Crippen LogP contribution is -2.21. The standard InChI is InChI=1S/C17H14N2O4S/c1-24(22)15-8-3-2-7-14(15)17(21)23-11-16(20)19-13-6-4-5-12(9-13)10-18/h2-9H,11H2,1H3,(H,19,20)/t24-/m1/s1. The molecule has 0 bridgehead atoms. The fraction of sp³-hybridized carbons (Fsp3) is 0.118. The summed E-state index contributed by atoms with van der Waals surface area (Å²) in [7, 11) is -1.34. The minimum Gasteiger partial charge on any atom is -0.452 e. The van der Waals surface area contributed by atoms with Gasteiger partial charge in [-0.3, -0.25) is 9.00 Å². The highest BCUT2D eigenvalue weighted by atomic mass is 32.2. The van der Waals surface area contributed by atoms with Gasteiger partial charge in [0, 0.05) is 11.9 Å². The predicted molar refractivity (Wildman–Crippen MR) is 88.8 cm³/mol. The molecule has 1 N–H and O–H groups in total. The second-order valence-electron chi connectivity index (χ2n) is 4.77. The van der Waals surface area contributed by atoms with Gasteiger partial charge in [0.05, 0.1) is 32.9 Å². The normalized spacial score (nSPS) is 11.2. The Hall–Kier alpha value is -2.98. The Balaban J connectivity index is 1.98. The van der Waals surface area contributed by atoms with E-state index in [-0.39, 0.29) is 5.56 Å². The number of nitrogens with one attached hydrogen (secondary N) is 1. The van der Waals surface area contributed by atoms with Gasteiger partial charge < -0.3 is 10.1 Å². The van der Waals surface area contributed by atoms with Gasteiger partial charge in [0.1, 0.15) is 0 Å². The van der Waals surface area contributed by atoms with Crippen LogP contribution in [0.2, 0.25) is 0 Å². The number of nitriles is 1. The van der Waals surface area contributed by atoms with Gasteiger partial charge >= 0.3 is 5.97 Å². The molecule has 0 unspecified atom stereocenters. The Morgan fingerprint density at radius 3 is 2.67 bits per heavy atom. The summed E-state index contributed by atoms with van der Waals surface area (Å²) < 4.78 is 16.6. The minimum atomic E-state index is -1.34. The van der Waals surface area contributed by atoms with Crippen molar-refractivity contribution in [2.45, 2.75) is 4.90 Å². The smallest absolute Gasteiger partial charge is 0.339 e. The van der Waals surface area contributed by atoms with Gasteiger partial charge in [-0.2, -0.15) is 5.26 Å². The molecule has 0 aliphatic carbocycles. The first-order valence-electron chi connectivity index (χ1n) is 6.91. The molecule has 24 heavy (non-hydrogen) atoms. The molecule has 0 aromatic heterocycles. The first-order chi connectivity index (χ1) is 11.5. The summed E-state index contributed by atoms with van der Waals surface area (Å²) in [4.78, 5) is 24.2. The summed E-state index contributed by atoms with van der Waals surface area (Å²) in [6.45, 7) is -0.486. The number of amides is 1. The quantitative estimate of drug-likeness (QED) is 0.839. The average molecular weight is 342 g/mol. The van der Waals surface area contributed by atoms with Crippen LogP contribution >= 0.6 is 0 Å². The van der Waals surface area contributed by atoms with Crippen LogP contribution in [-0.2, 0) is 20.3 Å². The van der Waals surface area contributed by atoms with Gasteiger partial charge in [0.25, 0.3) is 5.91 Å². The van der Waals surface area contributed by atoms with E-state index in [4.69, 9.17) is 10.00 Å². The van der Waals surface area contributed by atoms with Gasteiger partial charge in [-0.15, -0.1) is 0 Å². The van der Waals surface area contributed by atoms with Crippen molar-refractivity contribution in [3.8, 4) is 6.07 Å². The number of carbonyl (C=O) groups is 2. The largest absolute Gasteiger partial charge is 0.452 e. The predicted octanol–water partition coefficient (Wildman–Crippen LogP) is 2.09. The number of carbonyl (C=O) groups excluding carboxylic acids is 2. The number of rotatable bonds is 5. The third-order valence-corrected chi connectivity index (χ3v) is 4.00. The highest BCUT2D eigenvalue weighted by molar-refractivity contribution is 7.84. The van der Waals surface area contributed by atoms with Crippen LogP contribution in [-0.4, -0.2) is 28.9 Å². The Kier molecular flexibility index (Phi) is 5.82. The first-order valence-corrected chi connectivity index (χ1v) is 8.46. The molecule has 0 saturated heterocycles. The zero-order valence-electron chi connectivity index (χ0n) is 12.8. The fourth-order valence-electron chi connectivity index (χ4n) is 1.96. The fourth-order valence-corrected chi connectivity index (χ4v) is 2.69. The maximum absolute atomic E-state index is 12.0. The van der Waals surface area contributed by atoms with Crippen LogP contribution in [0.25, 0.3) is 0 Å². The summed E-state index contributed by atoms with van der Waals surface area (Å²) in [6, 6.07) is 14.7. The molecule has 0 aliphatic rings. The summed E-state index contributed by atoms with van der Waals surface area (Å²) in [5.41, 5.74) is 1.01. The van der Waals surface area contributed by atoms with E-state index in [9.17, 15) is 13.8 Å². The molecular formula is C17H14N2O4S. The number of hydrogen-bond acceptors (Lipinski definition) is 5. The lowest BCUT2D eigenvalue weighted by Gasteiger charge is -2.08. The van der Waals surface area contributed by atoms with Crippen molar-refractivity contribution in [1.29, 1.82) is 5.26 Å². The molecule has 0 heterocycles. The molecular weight excluding hydrogens is 328 g/mol. The Morgan fingerprint density at radius 2 is 1.96 bits per heavy atom. The molecule has 7 heteroatoms. The van der Waals surface area contributed by atoms with Gasteiger partial charge in [-0.05, 0) is 30.3 Å². The number of ether oxygens (including phenoxy) is 1. The van der Waals surface area contributed by atoms with Crippen LogP contribution in [0.15, 0.2) is 53.4 Å². The zero-order chi connectivity index (χ0) is 17.5. The van der Waals surface area contributed by atoms with Crippen molar-refractivity contribution < 1.29 is 18.5 Å². The third kappa shape index (κ3) is 4.51. The first kappa shape index (κ1) is 17.4. The van der Waals surface area contributed by atoms with Gasteiger partial charge in [-0.1, -0.05) is 18.2 Å². The van der Waals surface area contributed by atoms with Gasteiger partial charge in [0.2, 0.25) is 0 Å². The molecule has 122 valence electrons. The van der Waals surface area contributed by atoms with Crippen LogP contribution in [0.4, 0.5) is 5.69 Å². The minimum absolute atomic E-state index is 0.164. The third-order valence-electron chi connectivity index (χ3n) is 3.03. The van der Waals surface area contributed by atoms with E-state index in [1.54, 1.807) is 36.4 Å². The van der Waals surface area contributed by atoms with E-state index >= 15 is 0 Å². The van der Waals surface area contributed by atoms with Crippen molar-refractivity contribution in [3.05, 3.63) is 59.7 Å². The monoisotopic (exact) mass is 342 g/mol. The van der Waals surface area contributed by atoms with Crippen molar-refractivity contribution in [3.63, 3.8) is 0 Å². The zero-order valence-corrected chi connectivity index (χ0v) is 13.6. The maximum Gasteiger partial charge on any atom is 0.339 e. The van der Waals surface area contributed by atoms with Crippen LogP contribution in [0.5, 0.6) is 0 Å². The lowest BCUT2D eigenvalue weighted by molar-refractivity contribution is -0.119. The van der Waals surface area contributed by atoms with E-state index < -0.39 is 29.3 Å². The Bertz CT molecular complexity index is 842. The van der Waals surface area contributed by atoms with Gasteiger partial charge in [0.15, 0.2) is 6.61 Å². The summed E-state index contributed by atoms with van der Waals surface area (Å²) >= 11 is 0. The van der Waals surface area contributed by atoms with Crippen LogP contribution in [0, 0.1) is 11.3 Å². The molecule has 0 aliphatic heterocycles. The summed E-state index contributed by atoms with van der Waals surface area (Å²) in [5.74, 6) is -1.25. The van der Waals surface area contributed by atoms with E-state index in [1.165, 1.54) is 18.4 Å². The molecule has 1 atom stereocenters. The molecule has 1 amide bonds. The number of hydrogen-bond donors (Lipinski definition) is 1. The molecule has 0 radical (unpaired) electrons. The Labute approximate surface area is 141 Å². The molecule has 2 rings (SSSR count). The topological polar surface area (TPSA) is 96.3 Å². The number of nitrogens with zero attached hydrogens (tertiary/aromatic N) is 1.